The van der Waals surface area contributed by atoms with Crippen LogP contribution in [0.4, 0.5) is 0 Å². The zero-order valence-electron chi connectivity index (χ0n) is 8.35. The number of aliphatic hydroxyl groups is 2. The van der Waals surface area contributed by atoms with Gasteiger partial charge in [-0.2, -0.15) is 0 Å². The Bertz CT molecular complexity index is 378. The summed E-state index contributed by atoms with van der Waals surface area (Å²) in [7, 11) is 0. The van der Waals surface area contributed by atoms with Crippen molar-refractivity contribution in [2.75, 3.05) is 0 Å². The average Bonchev–Trinajstić information content (AvgIpc) is 2.23. The summed E-state index contributed by atoms with van der Waals surface area (Å²) in [5, 5.41) is 28.6. The molecule has 4 heteroatoms. The largest absolute Gasteiger partial charge is 0.508 e. The van der Waals surface area contributed by atoms with E-state index in [1.54, 1.807) is 6.07 Å². The summed E-state index contributed by atoms with van der Waals surface area (Å²) >= 11 is 0. The maximum Gasteiger partial charge on any atom is 0.121 e. The number of nitrogens with two attached hydrogens (primary N) is 1. The summed E-state index contributed by atoms with van der Waals surface area (Å²) in [6.07, 6.45) is 0.669. The van der Waals surface area contributed by atoms with Crippen LogP contribution in [0.15, 0.2) is 12.1 Å². The zero-order chi connectivity index (χ0) is 11.0. The molecule has 4 nitrogen and oxygen atoms in total. The summed E-state index contributed by atoms with van der Waals surface area (Å²) in [5.74, 6) is 0.0823. The van der Waals surface area contributed by atoms with Crippen molar-refractivity contribution in [2.45, 2.75) is 31.6 Å². The van der Waals surface area contributed by atoms with Crippen LogP contribution in [0, 0.1) is 0 Å². The molecule has 0 heterocycles. The Hall–Kier alpha value is -1.10. The van der Waals surface area contributed by atoms with E-state index in [2.05, 4.69) is 0 Å². The number of rotatable bonds is 1. The fraction of sp³-hybridized carbons (Fsp3) is 0.455. The van der Waals surface area contributed by atoms with E-state index in [0.29, 0.717) is 18.4 Å². The molecule has 0 saturated heterocycles. The zero-order valence-corrected chi connectivity index (χ0v) is 8.35. The molecule has 0 aromatic heterocycles. The lowest BCUT2D eigenvalue weighted by molar-refractivity contribution is 0.133. The third kappa shape index (κ3) is 1.61. The van der Waals surface area contributed by atoms with Crippen LogP contribution < -0.4 is 5.73 Å². The van der Waals surface area contributed by atoms with Crippen LogP contribution in [0.25, 0.3) is 0 Å². The van der Waals surface area contributed by atoms with E-state index >= 15 is 0 Å². The van der Waals surface area contributed by atoms with Gasteiger partial charge in [0.2, 0.25) is 0 Å². The molecule has 1 unspecified atom stereocenters. The Kier molecular flexibility index (Phi) is 2.65. The van der Waals surface area contributed by atoms with Crippen LogP contribution >= 0.6 is 0 Å². The van der Waals surface area contributed by atoms with Gasteiger partial charge in [0.1, 0.15) is 5.75 Å². The molecule has 0 amide bonds. The molecular formula is C11H15NO3. The molecule has 1 aromatic rings. The standard InChI is InChI=1S/C11H15NO3/c12-9-3-1-6-7(11(9)15)2-4-10(14)8(6)5-13/h2,4,9,11,13-15H,1,3,5,12H2/t9-,11?/m1/s1. The van der Waals surface area contributed by atoms with Gasteiger partial charge < -0.3 is 21.1 Å². The topological polar surface area (TPSA) is 86.7 Å². The van der Waals surface area contributed by atoms with Crippen molar-refractivity contribution in [3.63, 3.8) is 0 Å². The first-order chi connectivity index (χ1) is 7.15. The SMILES string of the molecule is N[C@@H]1CCc2c(ccc(O)c2CO)C1O. The van der Waals surface area contributed by atoms with Crippen molar-refractivity contribution >= 4 is 0 Å². The molecule has 1 aromatic carbocycles. The lowest BCUT2D eigenvalue weighted by Gasteiger charge is -2.28. The van der Waals surface area contributed by atoms with Gasteiger partial charge in [-0.15, -0.1) is 0 Å². The quantitative estimate of drug-likeness (QED) is 0.532. The number of hydrogen-bond donors (Lipinski definition) is 4. The van der Waals surface area contributed by atoms with E-state index in [0.717, 1.165) is 11.1 Å². The van der Waals surface area contributed by atoms with Crippen molar-refractivity contribution < 1.29 is 15.3 Å². The highest BCUT2D eigenvalue weighted by Crippen LogP contribution is 2.34. The third-order valence-corrected chi connectivity index (χ3v) is 3.05. The van der Waals surface area contributed by atoms with E-state index < -0.39 is 6.10 Å². The molecule has 82 valence electrons. The van der Waals surface area contributed by atoms with Crippen molar-refractivity contribution in [3.8, 4) is 5.75 Å². The lowest BCUT2D eigenvalue weighted by atomic mass is 9.83. The van der Waals surface area contributed by atoms with Crippen molar-refractivity contribution in [3.05, 3.63) is 28.8 Å². The van der Waals surface area contributed by atoms with Gasteiger partial charge in [-0.25, -0.2) is 0 Å². The molecule has 1 aliphatic carbocycles. The molecule has 5 N–H and O–H groups in total. The van der Waals surface area contributed by atoms with Crippen LogP contribution in [0.2, 0.25) is 0 Å². The summed E-state index contributed by atoms with van der Waals surface area (Å²) < 4.78 is 0. The highest BCUT2D eigenvalue weighted by molar-refractivity contribution is 5.46. The number of aliphatic hydroxyl groups excluding tert-OH is 2. The maximum atomic E-state index is 9.85. The van der Waals surface area contributed by atoms with Gasteiger partial charge in [-0.05, 0) is 30.0 Å². The molecule has 1 aliphatic rings. The van der Waals surface area contributed by atoms with Gasteiger partial charge >= 0.3 is 0 Å². The third-order valence-electron chi connectivity index (χ3n) is 3.05. The van der Waals surface area contributed by atoms with Crippen LogP contribution in [0.1, 0.15) is 29.2 Å². The Balaban J connectivity index is 2.53. The highest BCUT2D eigenvalue weighted by atomic mass is 16.3. The molecular weight excluding hydrogens is 194 g/mol. The predicted octanol–water partition coefficient (Wildman–Crippen LogP) is 0.191. The summed E-state index contributed by atoms with van der Waals surface area (Å²) in [5.41, 5.74) is 7.83. The fourth-order valence-corrected chi connectivity index (χ4v) is 2.15. The summed E-state index contributed by atoms with van der Waals surface area (Å²) in [6.45, 7) is -0.211. The first-order valence-corrected chi connectivity index (χ1v) is 5.03. The fourth-order valence-electron chi connectivity index (χ4n) is 2.15. The van der Waals surface area contributed by atoms with Gasteiger partial charge in [0.15, 0.2) is 0 Å². The lowest BCUT2D eigenvalue weighted by Crippen LogP contribution is -2.33. The molecule has 2 rings (SSSR count). The second kappa shape index (κ2) is 3.81. The molecule has 15 heavy (non-hydrogen) atoms. The highest BCUT2D eigenvalue weighted by Gasteiger charge is 2.27. The Labute approximate surface area is 88.0 Å². The van der Waals surface area contributed by atoms with Crippen molar-refractivity contribution in [1.29, 1.82) is 0 Å². The monoisotopic (exact) mass is 209 g/mol. The van der Waals surface area contributed by atoms with Gasteiger partial charge in [-0.3, -0.25) is 0 Å². The minimum Gasteiger partial charge on any atom is -0.508 e. The molecule has 0 bridgehead atoms. The molecule has 0 radical (unpaired) electrons. The first-order valence-electron chi connectivity index (χ1n) is 5.03. The van der Waals surface area contributed by atoms with E-state index in [1.165, 1.54) is 6.07 Å². The number of aromatic hydroxyl groups is 1. The Morgan fingerprint density at radius 1 is 1.40 bits per heavy atom. The van der Waals surface area contributed by atoms with Crippen LogP contribution in [-0.2, 0) is 13.0 Å². The smallest absolute Gasteiger partial charge is 0.121 e. The number of phenols is 1. The summed E-state index contributed by atoms with van der Waals surface area (Å²) in [6, 6.07) is 2.91. The van der Waals surface area contributed by atoms with Gasteiger partial charge in [-0.1, -0.05) is 6.07 Å². The normalized spacial score (nSPS) is 25.0. The molecule has 0 fully saturated rings. The Morgan fingerprint density at radius 2 is 2.13 bits per heavy atom. The van der Waals surface area contributed by atoms with Crippen LogP contribution in [0.3, 0.4) is 0 Å². The van der Waals surface area contributed by atoms with Crippen molar-refractivity contribution in [1.82, 2.24) is 0 Å². The summed E-state index contributed by atoms with van der Waals surface area (Å²) in [4.78, 5) is 0. The number of hydrogen-bond acceptors (Lipinski definition) is 4. The maximum absolute atomic E-state index is 9.85. The Morgan fingerprint density at radius 3 is 2.80 bits per heavy atom. The van der Waals surface area contributed by atoms with Gasteiger partial charge in [0, 0.05) is 11.6 Å². The number of benzene rings is 1. The second-order valence-electron chi connectivity index (χ2n) is 3.94. The van der Waals surface area contributed by atoms with Crippen molar-refractivity contribution in [2.24, 2.45) is 5.73 Å². The van der Waals surface area contributed by atoms with E-state index in [-0.39, 0.29) is 18.4 Å². The minimum absolute atomic E-state index is 0.0823. The van der Waals surface area contributed by atoms with E-state index in [9.17, 15) is 10.2 Å². The molecule has 2 atom stereocenters. The average molecular weight is 209 g/mol. The van der Waals surface area contributed by atoms with E-state index in [4.69, 9.17) is 10.8 Å². The van der Waals surface area contributed by atoms with Gasteiger partial charge in [0.05, 0.1) is 12.7 Å². The van der Waals surface area contributed by atoms with Crippen LogP contribution in [0.5, 0.6) is 5.75 Å². The van der Waals surface area contributed by atoms with Gasteiger partial charge in [0.25, 0.3) is 0 Å². The first kappa shape index (κ1) is 10.4. The minimum atomic E-state index is -0.695. The number of fused-ring (bicyclic) bond motifs is 1. The van der Waals surface area contributed by atoms with Crippen LogP contribution in [-0.4, -0.2) is 21.4 Å². The van der Waals surface area contributed by atoms with E-state index in [1.807, 2.05) is 0 Å². The predicted molar refractivity (Wildman–Crippen MR) is 55.3 cm³/mol. The molecule has 0 spiro atoms. The molecule has 0 aliphatic heterocycles. The molecule has 0 saturated carbocycles. The second-order valence-corrected chi connectivity index (χ2v) is 3.94.